The van der Waals surface area contributed by atoms with Crippen molar-refractivity contribution < 1.29 is 4.79 Å². The van der Waals surface area contributed by atoms with Crippen LogP contribution in [0.4, 0.5) is 0 Å². The molecule has 2 rings (SSSR count). The summed E-state index contributed by atoms with van der Waals surface area (Å²) in [7, 11) is 0. The number of carbonyl (C=O) groups is 1. The van der Waals surface area contributed by atoms with Crippen molar-refractivity contribution in [2.24, 2.45) is 0 Å². The summed E-state index contributed by atoms with van der Waals surface area (Å²) in [5.41, 5.74) is 0. The van der Waals surface area contributed by atoms with Crippen molar-refractivity contribution in [2.75, 3.05) is 19.6 Å². The van der Waals surface area contributed by atoms with E-state index in [1.807, 2.05) is 17.2 Å². The summed E-state index contributed by atoms with van der Waals surface area (Å²) < 4.78 is 4.07. The van der Waals surface area contributed by atoms with Gasteiger partial charge < -0.3 is 4.90 Å². The minimum absolute atomic E-state index is 0.241. The summed E-state index contributed by atoms with van der Waals surface area (Å²) in [6, 6.07) is 2.34. The van der Waals surface area contributed by atoms with E-state index >= 15 is 0 Å². The molecule has 0 N–H and O–H groups in total. The van der Waals surface area contributed by atoms with Crippen LogP contribution in [0, 0.1) is 0 Å². The Morgan fingerprint density at radius 2 is 2.31 bits per heavy atom. The highest BCUT2D eigenvalue weighted by atomic mass is 32.1. The number of piperazine rings is 1. The molecule has 5 heteroatoms. The summed E-state index contributed by atoms with van der Waals surface area (Å²) in [5, 5.41) is 0. The van der Waals surface area contributed by atoms with E-state index in [0.29, 0.717) is 12.6 Å². The molecule has 0 bridgehead atoms. The Bertz CT molecular complexity index is 350. The zero-order valence-corrected chi connectivity index (χ0v) is 10.5. The molecule has 1 aliphatic heterocycles. The molecule has 0 unspecified atom stereocenters. The summed E-state index contributed by atoms with van der Waals surface area (Å²) >= 11 is 1.51. The van der Waals surface area contributed by atoms with E-state index in [1.54, 1.807) is 0 Å². The average molecular weight is 239 g/mol. The van der Waals surface area contributed by atoms with Crippen LogP contribution in [0.15, 0.2) is 12.3 Å². The highest BCUT2D eigenvalue weighted by Crippen LogP contribution is 2.13. The maximum atomic E-state index is 11.8. The molecular weight excluding hydrogens is 222 g/mol. The second kappa shape index (κ2) is 4.93. The third kappa shape index (κ3) is 2.59. The molecule has 1 aromatic rings. The van der Waals surface area contributed by atoms with Crippen LogP contribution in [0.1, 0.15) is 18.7 Å². The lowest BCUT2D eigenvalue weighted by Gasteiger charge is -2.36. The fraction of sp³-hybridized carbons (Fsp3) is 0.636. The summed E-state index contributed by atoms with van der Waals surface area (Å²) in [5.74, 6) is 0.241. The first-order valence-corrected chi connectivity index (χ1v) is 6.35. The molecule has 1 aromatic heterocycles. The first-order chi connectivity index (χ1) is 7.66. The van der Waals surface area contributed by atoms with Crippen LogP contribution in [0.25, 0.3) is 0 Å². The van der Waals surface area contributed by atoms with Gasteiger partial charge in [-0.2, -0.15) is 0 Å². The van der Waals surface area contributed by atoms with E-state index in [9.17, 15) is 4.79 Å². The Balaban J connectivity index is 1.90. The summed E-state index contributed by atoms with van der Waals surface area (Å²) in [6.07, 6.45) is 1.81. The van der Waals surface area contributed by atoms with E-state index in [4.69, 9.17) is 0 Å². The van der Waals surface area contributed by atoms with E-state index in [-0.39, 0.29) is 5.91 Å². The number of carbonyl (C=O) groups excluding carboxylic acids is 1. The zero-order valence-electron chi connectivity index (χ0n) is 9.72. The van der Waals surface area contributed by atoms with Gasteiger partial charge in [-0.25, -0.2) is 4.37 Å². The average Bonchev–Trinajstić information content (AvgIpc) is 2.70. The number of hydrogen-bond donors (Lipinski definition) is 0. The van der Waals surface area contributed by atoms with Crippen molar-refractivity contribution >= 4 is 17.4 Å². The predicted octanol–water partition coefficient (Wildman–Crippen LogP) is 1.20. The quantitative estimate of drug-likeness (QED) is 0.795. The lowest BCUT2D eigenvalue weighted by molar-refractivity contribution is -0.138. The van der Waals surface area contributed by atoms with Gasteiger partial charge >= 0.3 is 0 Å². The lowest BCUT2D eigenvalue weighted by atomic mass is 10.2. The van der Waals surface area contributed by atoms with Gasteiger partial charge in [0.15, 0.2) is 0 Å². The van der Waals surface area contributed by atoms with Gasteiger partial charge in [-0.1, -0.05) is 0 Å². The van der Waals surface area contributed by atoms with Crippen LogP contribution in [-0.2, 0) is 11.3 Å². The van der Waals surface area contributed by atoms with Crippen LogP contribution in [0.2, 0.25) is 0 Å². The molecule has 0 radical (unpaired) electrons. The van der Waals surface area contributed by atoms with E-state index in [1.165, 1.54) is 16.4 Å². The maximum absolute atomic E-state index is 11.8. The molecule has 2 heterocycles. The molecule has 0 aliphatic carbocycles. The molecule has 16 heavy (non-hydrogen) atoms. The third-order valence-electron chi connectivity index (χ3n) is 2.83. The molecule has 1 saturated heterocycles. The summed E-state index contributed by atoms with van der Waals surface area (Å²) in [6.45, 7) is 7.32. The summed E-state index contributed by atoms with van der Waals surface area (Å²) in [4.78, 5) is 17.2. The van der Waals surface area contributed by atoms with E-state index in [2.05, 4.69) is 23.1 Å². The van der Waals surface area contributed by atoms with Crippen molar-refractivity contribution in [3.05, 3.63) is 17.1 Å². The number of hydrogen-bond acceptors (Lipinski definition) is 4. The van der Waals surface area contributed by atoms with Gasteiger partial charge in [0.25, 0.3) is 0 Å². The van der Waals surface area contributed by atoms with Gasteiger partial charge in [-0.3, -0.25) is 9.69 Å². The largest absolute Gasteiger partial charge is 0.338 e. The van der Waals surface area contributed by atoms with Crippen LogP contribution in [0.3, 0.4) is 0 Å². The Morgan fingerprint density at radius 3 is 2.88 bits per heavy atom. The third-order valence-corrected chi connectivity index (χ3v) is 3.56. The highest BCUT2D eigenvalue weighted by Gasteiger charge is 2.25. The molecular formula is C11H17N3OS. The van der Waals surface area contributed by atoms with E-state index in [0.717, 1.165) is 19.6 Å². The van der Waals surface area contributed by atoms with Crippen molar-refractivity contribution in [3.8, 4) is 0 Å². The number of amides is 1. The van der Waals surface area contributed by atoms with Crippen molar-refractivity contribution in [1.82, 2.24) is 14.2 Å². The minimum atomic E-state index is 0.241. The topological polar surface area (TPSA) is 36.4 Å². The van der Waals surface area contributed by atoms with Crippen LogP contribution < -0.4 is 0 Å². The number of nitrogens with zero attached hydrogens (tertiary/aromatic N) is 3. The smallest absolute Gasteiger partial charge is 0.237 e. The fourth-order valence-electron chi connectivity index (χ4n) is 1.96. The first-order valence-electron chi connectivity index (χ1n) is 5.58. The second-order valence-electron chi connectivity index (χ2n) is 4.37. The van der Waals surface area contributed by atoms with Gasteiger partial charge in [-0.15, -0.1) is 0 Å². The molecule has 0 spiro atoms. The lowest BCUT2D eigenvalue weighted by Crippen LogP contribution is -2.52. The van der Waals surface area contributed by atoms with Gasteiger partial charge in [0.1, 0.15) is 0 Å². The van der Waals surface area contributed by atoms with Crippen molar-refractivity contribution in [3.63, 3.8) is 0 Å². The highest BCUT2D eigenvalue weighted by molar-refractivity contribution is 7.05. The Kier molecular flexibility index (Phi) is 3.56. The van der Waals surface area contributed by atoms with Crippen molar-refractivity contribution in [1.29, 1.82) is 0 Å². The molecule has 0 saturated carbocycles. The predicted molar refractivity (Wildman–Crippen MR) is 64.2 cm³/mol. The van der Waals surface area contributed by atoms with Crippen molar-refractivity contribution in [2.45, 2.75) is 26.4 Å². The molecule has 1 fully saturated rings. The molecule has 0 aromatic carbocycles. The molecule has 4 nitrogen and oxygen atoms in total. The number of rotatable bonds is 3. The minimum Gasteiger partial charge on any atom is -0.338 e. The Labute approximate surface area is 100 Å². The van der Waals surface area contributed by atoms with Gasteiger partial charge in [0.05, 0.1) is 6.54 Å². The van der Waals surface area contributed by atoms with Crippen LogP contribution in [0.5, 0.6) is 0 Å². The zero-order chi connectivity index (χ0) is 11.5. The van der Waals surface area contributed by atoms with Gasteiger partial charge in [0, 0.05) is 36.8 Å². The Hall–Kier alpha value is -0.940. The molecule has 1 aliphatic rings. The van der Waals surface area contributed by atoms with Gasteiger partial charge in [-0.05, 0) is 31.4 Å². The fourth-order valence-corrected chi connectivity index (χ4v) is 2.58. The second-order valence-corrected chi connectivity index (χ2v) is 5.29. The molecule has 0 atom stereocenters. The monoisotopic (exact) mass is 239 g/mol. The van der Waals surface area contributed by atoms with Crippen LogP contribution in [-0.4, -0.2) is 45.8 Å². The van der Waals surface area contributed by atoms with E-state index < -0.39 is 0 Å². The number of aromatic nitrogens is 1. The maximum Gasteiger partial charge on any atom is 0.237 e. The molecule has 88 valence electrons. The van der Waals surface area contributed by atoms with Crippen LogP contribution >= 0.6 is 11.5 Å². The standard InChI is InChI=1S/C11H17N3OS/c1-9(2)14-6-5-13(8-11(14)15)7-10-3-4-12-16-10/h3-4,9H,5-8H2,1-2H3. The normalized spacial score (nSPS) is 18.4. The SMILES string of the molecule is CC(C)N1CCN(Cc2ccns2)CC1=O. The Morgan fingerprint density at radius 1 is 1.50 bits per heavy atom. The molecule has 1 amide bonds. The van der Waals surface area contributed by atoms with Gasteiger partial charge in [0.2, 0.25) is 5.91 Å². The first kappa shape index (κ1) is 11.5.